The summed E-state index contributed by atoms with van der Waals surface area (Å²) in [6.45, 7) is 0.252. The van der Waals surface area contributed by atoms with E-state index in [1.165, 1.54) is 25.3 Å². The number of hydrogen-bond acceptors (Lipinski definition) is 3. The summed E-state index contributed by atoms with van der Waals surface area (Å²) in [7, 11) is 3.05. The Hall–Kier alpha value is -2.31. The minimum atomic E-state index is -4.37. The summed E-state index contributed by atoms with van der Waals surface area (Å²) in [6, 6.07) is 6.18. The molecule has 0 aliphatic carbocycles. The molecule has 2 aromatic rings. The third-order valence-electron chi connectivity index (χ3n) is 3.13. The Morgan fingerprint density at radius 2 is 1.82 bits per heavy atom. The van der Waals surface area contributed by atoms with Gasteiger partial charge in [0, 0.05) is 19.7 Å². The van der Waals surface area contributed by atoms with Crippen LogP contribution in [0.3, 0.4) is 0 Å². The maximum Gasteiger partial charge on any atom is 0.416 e. The van der Waals surface area contributed by atoms with E-state index in [-0.39, 0.29) is 18.1 Å². The number of rotatable bonds is 4. The van der Waals surface area contributed by atoms with Crippen LogP contribution in [0.5, 0.6) is 5.88 Å². The van der Waals surface area contributed by atoms with Crippen LogP contribution in [-0.2, 0) is 12.7 Å². The number of benzene rings is 1. The monoisotopic (exact) mass is 314 g/mol. The number of methoxy groups -OCH3 is 1. The van der Waals surface area contributed by atoms with Gasteiger partial charge in [0.25, 0.3) is 0 Å². The van der Waals surface area contributed by atoms with Crippen molar-refractivity contribution in [1.29, 1.82) is 0 Å². The quantitative estimate of drug-likeness (QED) is 0.801. The largest absolute Gasteiger partial charge is 0.481 e. The minimum Gasteiger partial charge on any atom is -0.481 e. The van der Waals surface area contributed by atoms with Crippen LogP contribution in [0.25, 0.3) is 0 Å². The molecule has 0 aliphatic heterocycles. The average molecular weight is 314 g/mol. The van der Waals surface area contributed by atoms with E-state index < -0.39 is 17.6 Å². The predicted molar refractivity (Wildman–Crippen MR) is 74.3 cm³/mol. The van der Waals surface area contributed by atoms with Crippen molar-refractivity contribution in [2.24, 2.45) is 0 Å². The number of ether oxygens (including phenoxy) is 1. The predicted octanol–water partition coefficient (Wildman–Crippen LogP) is 3.88. The number of halogens is 4. The van der Waals surface area contributed by atoms with Gasteiger partial charge in [0.15, 0.2) is 5.82 Å². The summed E-state index contributed by atoms with van der Waals surface area (Å²) in [5, 5.41) is 0. The van der Waals surface area contributed by atoms with Crippen LogP contribution in [0.1, 0.15) is 11.1 Å². The zero-order valence-corrected chi connectivity index (χ0v) is 12.0. The molecular weight excluding hydrogens is 300 g/mol. The molecule has 0 atom stereocenters. The Morgan fingerprint density at radius 3 is 2.36 bits per heavy atom. The van der Waals surface area contributed by atoms with E-state index in [1.807, 2.05) is 0 Å². The molecule has 0 saturated carbocycles. The Balaban J connectivity index is 2.17. The van der Waals surface area contributed by atoms with Gasteiger partial charge in [-0.15, -0.1) is 0 Å². The van der Waals surface area contributed by atoms with Crippen LogP contribution >= 0.6 is 0 Å². The molecular formula is C15H14F4N2O. The Kier molecular flexibility index (Phi) is 4.54. The number of anilines is 1. The highest BCUT2D eigenvalue weighted by molar-refractivity contribution is 5.49. The first-order valence-electron chi connectivity index (χ1n) is 6.38. The van der Waals surface area contributed by atoms with Gasteiger partial charge in [-0.3, -0.25) is 0 Å². The van der Waals surface area contributed by atoms with Crippen LogP contribution in [0, 0.1) is 5.82 Å². The molecule has 0 N–H and O–H groups in total. The van der Waals surface area contributed by atoms with Crippen molar-refractivity contribution in [3.05, 3.63) is 53.5 Å². The molecule has 0 amide bonds. The minimum absolute atomic E-state index is 0.252. The molecule has 2 rings (SSSR count). The highest BCUT2D eigenvalue weighted by Crippen LogP contribution is 2.29. The molecule has 0 unspecified atom stereocenters. The maximum absolute atomic E-state index is 13.8. The van der Waals surface area contributed by atoms with Gasteiger partial charge in [-0.1, -0.05) is 12.1 Å². The van der Waals surface area contributed by atoms with Gasteiger partial charge in [0.05, 0.1) is 24.6 Å². The van der Waals surface area contributed by atoms with Crippen LogP contribution in [0.15, 0.2) is 36.5 Å². The molecule has 118 valence electrons. The average Bonchev–Trinajstić information content (AvgIpc) is 2.47. The molecule has 0 spiro atoms. The van der Waals surface area contributed by atoms with Crippen LogP contribution in [0.4, 0.5) is 23.2 Å². The van der Waals surface area contributed by atoms with E-state index in [9.17, 15) is 17.6 Å². The van der Waals surface area contributed by atoms with Gasteiger partial charge in [0.1, 0.15) is 0 Å². The number of pyridine rings is 1. The molecule has 7 heteroatoms. The summed E-state index contributed by atoms with van der Waals surface area (Å²) < 4.78 is 56.2. The van der Waals surface area contributed by atoms with E-state index in [2.05, 4.69) is 4.98 Å². The lowest BCUT2D eigenvalue weighted by Gasteiger charge is -2.20. The van der Waals surface area contributed by atoms with Gasteiger partial charge in [-0.25, -0.2) is 9.37 Å². The number of alkyl halides is 3. The zero-order valence-electron chi connectivity index (χ0n) is 12.0. The molecule has 0 aliphatic rings. The molecule has 1 aromatic heterocycles. The normalized spacial score (nSPS) is 11.4. The number of hydrogen-bond donors (Lipinski definition) is 0. The fourth-order valence-corrected chi connectivity index (χ4v) is 1.97. The first-order chi connectivity index (χ1) is 10.3. The Labute approximate surface area is 125 Å². The first-order valence-corrected chi connectivity index (χ1v) is 6.38. The van der Waals surface area contributed by atoms with Crippen LogP contribution in [-0.4, -0.2) is 19.1 Å². The SMILES string of the molecule is COc1cc(N(C)Cc2ccc(C(F)(F)F)cc2)c(F)cn1. The van der Waals surface area contributed by atoms with Crippen molar-refractivity contribution in [2.45, 2.75) is 12.7 Å². The lowest BCUT2D eigenvalue weighted by atomic mass is 10.1. The first kappa shape index (κ1) is 16.1. The summed E-state index contributed by atoms with van der Waals surface area (Å²) >= 11 is 0. The van der Waals surface area contributed by atoms with E-state index >= 15 is 0 Å². The Morgan fingerprint density at radius 1 is 1.18 bits per heavy atom. The van der Waals surface area contributed by atoms with Gasteiger partial charge in [-0.05, 0) is 17.7 Å². The fraction of sp³-hybridized carbons (Fsp3) is 0.267. The van der Waals surface area contributed by atoms with E-state index in [1.54, 1.807) is 11.9 Å². The summed E-state index contributed by atoms with van der Waals surface area (Å²) in [5.74, 6) is -0.272. The lowest BCUT2D eigenvalue weighted by molar-refractivity contribution is -0.137. The highest BCUT2D eigenvalue weighted by atomic mass is 19.4. The van der Waals surface area contributed by atoms with Gasteiger partial charge < -0.3 is 9.64 Å². The second-order valence-electron chi connectivity index (χ2n) is 4.73. The van der Waals surface area contributed by atoms with E-state index in [0.29, 0.717) is 5.56 Å². The van der Waals surface area contributed by atoms with E-state index in [4.69, 9.17) is 4.74 Å². The molecule has 1 heterocycles. The Bertz CT molecular complexity index is 641. The van der Waals surface area contributed by atoms with Gasteiger partial charge in [-0.2, -0.15) is 13.2 Å². The zero-order chi connectivity index (χ0) is 16.3. The molecule has 0 radical (unpaired) electrons. The molecule has 0 bridgehead atoms. The van der Waals surface area contributed by atoms with Gasteiger partial charge in [0.2, 0.25) is 5.88 Å². The molecule has 1 aromatic carbocycles. The van der Waals surface area contributed by atoms with Crippen LogP contribution < -0.4 is 9.64 Å². The third kappa shape index (κ3) is 3.66. The third-order valence-corrected chi connectivity index (χ3v) is 3.13. The van der Waals surface area contributed by atoms with Crippen LogP contribution in [0.2, 0.25) is 0 Å². The van der Waals surface area contributed by atoms with Crippen molar-refractivity contribution in [3.63, 3.8) is 0 Å². The molecule has 0 saturated heterocycles. The lowest BCUT2D eigenvalue weighted by Crippen LogP contribution is -2.18. The smallest absolute Gasteiger partial charge is 0.416 e. The van der Waals surface area contributed by atoms with E-state index in [0.717, 1.165) is 18.3 Å². The topological polar surface area (TPSA) is 25.4 Å². The van der Waals surface area contributed by atoms with Crippen molar-refractivity contribution in [2.75, 3.05) is 19.1 Å². The number of nitrogens with zero attached hydrogens (tertiary/aromatic N) is 2. The second-order valence-corrected chi connectivity index (χ2v) is 4.73. The molecule has 0 fully saturated rings. The highest BCUT2D eigenvalue weighted by Gasteiger charge is 2.29. The van der Waals surface area contributed by atoms with Crippen molar-refractivity contribution < 1.29 is 22.3 Å². The van der Waals surface area contributed by atoms with Gasteiger partial charge >= 0.3 is 6.18 Å². The van der Waals surface area contributed by atoms with Crippen molar-refractivity contribution >= 4 is 5.69 Å². The maximum atomic E-state index is 13.8. The summed E-state index contributed by atoms with van der Waals surface area (Å²) in [4.78, 5) is 5.31. The molecule has 22 heavy (non-hydrogen) atoms. The standard InChI is InChI=1S/C15H14F4N2O/c1-21(13-7-14(22-2)20-8-12(13)16)9-10-3-5-11(6-4-10)15(17,18)19/h3-8H,9H2,1-2H3. The fourth-order valence-electron chi connectivity index (χ4n) is 1.97. The van der Waals surface area contributed by atoms with Crippen molar-refractivity contribution in [3.8, 4) is 5.88 Å². The summed E-state index contributed by atoms with van der Waals surface area (Å²) in [6.07, 6.45) is -3.33. The molecule has 3 nitrogen and oxygen atoms in total. The second kappa shape index (κ2) is 6.21. The van der Waals surface area contributed by atoms with Crippen molar-refractivity contribution in [1.82, 2.24) is 4.98 Å². The summed E-state index contributed by atoms with van der Waals surface area (Å²) in [5.41, 5.74) is 0.174. The number of aromatic nitrogens is 1.